The lowest BCUT2D eigenvalue weighted by atomic mass is 9.82. The molecule has 1 atom stereocenters. The van der Waals surface area contributed by atoms with Crippen LogP contribution in [0.2, 0.25) is 0 Å². The van der Waals surface area contributed by atoms with Gasteiger partial charge >= 0.3 is 0 Å². The van der Waals surface area contributed by atoms with Crippen molar-refractivity contribution in [2.45, 2.75) is 37.8 Å². The summed E-state index contributed by atoms with van der Waals surface area (Å²) in [6.07, 6.45) is 2.39. The highest BCUT2D eigenvalue weighted by Gasteiger charge is 2.42. The normalized spacial score (nSPS) is 21.8. The van der Waals surface area contributed by atoms with E-state index in [1.54, 1.807) is 13.0 Å². The first kappa shape index (κ1) is 15.2. The predicted octanol–water partition coefficient (Wildman–Crippen LogP) is 2.79. The van der Waals surface area contributed by atoms with Crippen molar-refractivity contribution in [2.75, 3.05) is 13.2 Å². The second-order valence-corrected chi connectivity index (χ2v) is 6.50. The molecular weight excluding hydrogens is 308 g/mol. The minimum Gasteiger partial charge on any atom is -0.487 e. The van der Waals surface area contributed by atoms with Crippen molar-refractivity contribution in [2.24, 2.45) is 0 Å². The fourth-order valence-corrected chi connectivity index (χ4v) is 3.50. The third-order valence-electron chi connectivity index (χ3n) is 4.76. The Morgan fingerprint density at radius 3 is 2.83 bits per heavy atom. The third-order valence-corrected chi connectivity index (χ3v) is 4.76. The number of rotatable bonds is 2. The van der Waals surface area contributed by atoms with E-state index in [4.69, 9.17) is 14.0 Å². The summed E-state index contributed by atoms with van der Waals surface area (Å²) in [7, 11) is 0. The SMILES string of the molecule is Cc1cc(C(=O)N[C@H]2CC3(CCOCC3)Oc3ccccc32)on1. The molecule has 1 N–H and O–H groups in total. The monoisotopic (exact) mass is 328 g/mol. The number of ether oxygens (including phenoxy) is 2. The Labute approximate surface area is 140 Å². The fourth-order valence-electron chi connectivity index (χ4n) is 3.50. The van der Waals surface area contributed by atoms with Crippen molar-refractivity contribution in [3.05, 3.63) is 47.3 Å². The van der Waals surface area contributed by atoms with Gasteiger partial charge in [0.15, 0.2) is 0 Å². The molecule has 0 saturated carbocycles. The second-order valence-electron chi connectivity index (χ2n) is 6.50. The standard InChI is InChI=1S/C18H20N2O4/c1-12-10-16(24-20-12)17(21)19-14-11-18(6-8-22-9-7-18)23-15-5-3-2-4-13(14)15/h2-5,10,14H,6-9,11H2,1H3,(H,19,21)/t14-/m0/s1. The summed E-state index contributed by atoms with van der Waals surface area (Å²) in [6.45, 7) is 3.16. The first-order valence-corrected chi connectivity index (χ1v) is 8.25. The number of para-hydroxylation sites is 1. The molecular formula is C18H20N2O4. The average molecular weight is 328 g/mol. The summed E-state index contributed by atoms with van der Waals surface area (Å²) in [5.74, 6) is 0.821. The minimum atomic E-state index is -0.276. The molecule has 2 aromatic rings. The number of aromatic nitrogens is 1. The summed E-state index contributed by atoms with van der Waals surface area (Å²) >= 11 is 0. The molecule has 0 radical (unpaired) electrons. The number of hydrogen-bond acceptors (Lipinski definition) is 5. The summed E-state index contributed by atoms with van der Waals surface area (Å²) in [5, 5.41) is 6.86. The Morgan fingerprint density at radius 2 is 2.08 bits per heavy atom. The molecule has 6 nitrogen and oxygen atoms in total. The largest absolute Gasteiger partial charge is 0.487 e. The maximum atomic E-state index is 12.5. The molecule has 24 heavy (non-hydrogen) atoms. The maximum absolute atomic E-state index is 12.5. The number of aryl methyl sites for hydroxylation is 1. The van der Waals surface area contributed by atoms with Gasteiger partial charge in [-0.3, -0.25) is 4.79 Å². The molecule has 1 spiro atoms. The summed E-state index contributed by atoms with van der Waals surface area (Å²) in [6, 6.07) is 9.40. The molecule has 6 heteroatoms. The van der Waals surface area contributed by atoms with Crippen molar-refractivity contribution < 1.29 is 18.8 Å². The molecule has 126 valence electrons. The molecule has 4 rings (SSSR count). The van der Waals surface area contributed by atoms with E-state index in [0.717, 1.165) is 30.6 Å². The Bertz CT molecular complexity index is 749. The Hall–Kier alpha value is -2.34. The molecule has 0 unspecified atom stereocenters. The van der Waals surface area contributed by atoms with Crippen LogP contribution in [-0.4, -0.2) is 29.9 Å². The van der Waals surface area contributed by atoms with Crippen LogP contribution in [0.1, 0.15) is 47.1 Å². The van der Waals surface area contributed by atoms with Crippen LogP contribution in [0, 0.1) is 6.92 Å². The first-order chi connectivity index (χ1) is 11.7. The molecule has 1 aromatic carbocycles. The van der Waals surface area contributed by atoms with Crippen LogP contribution in [-0.2, 0) is 4.74 Å². The molecule has 0 bridgehead atoms. The zero-order valence-electron chi connectivity index (χ0n) is 13.6. The van der Waals surface area contributed by atoms with Crippen LogP contribution >= 0.6 is 0 Å². The van der Waals surface area contributed by atoms with Gasteiger partial charge in [-0.1, -0.05) is 23.4 Å². The third kappa shape index (κ3) is 2.78. The highest BCUT2D eigenvalue weighted by atomic mass is 16.5. The van der Waals surface area contributed by atoms with Crippen LogP contribution in [0.3, 0.4) is 0 Å². The molecule has 2 aliphatic heterocycles. The summed E-state index contributed by atoms with van der Waals surface area (Å²) < 4.78 is 16.9. The zero-order valence-corrected chi connectivity index (χ0v) is 13.6. The predicted molar refractivity (Wildman–Crippen MR) is 85.9 cm³/mol. The lowest BCUT2D eigenvalue weighted by Gasteiger charge is -2.44. The van der Waals surface area contributed by atoms with E-state index in [0.29, 0.717) is 18.9 Å². The molecule has 2 aliphatic rings. The van der Waals surface area contributed by atoms with E-state index < -0.39 is 0 Å². The van der Waals surface area contributed by atoms with Crippen LogP contribution in [0.4, 0.5) is 0 Å². The van der Waals surface area contributed by atoms with Crippen LogP contribution in [0.15, 0.2) is 34.9 Å². The fraction of sp³-hybridized carbons (Fsp3) is 0.444. The van der Waals surface area contributed by atoms with Crippen molar-refractivity contribution in [1.82, 2.24) is 10.5 Å². The van der Waals surface area contributed by atoms with Crippen LogP contribution in [0.25, 0.3) is 0 Å². The molecule has 0 aliphatic carbocycles. The highest BCUT2D eigenvalue weighted by molar-refractivity contribution is 5.91. The van der Waals surface area contributed by atoms with E-state index in [1.165, 1.54) is 0 Å². The molecule has 1 saturated heterocycles. The number of carbonyl (C=O) groups is 1. The van der Waals surface area contributed by atoms with Crippen molar-refractivity contribution in [1.29, 1.82) is 0 Å². The summed E-state index contributed by atoms with van der Waals surface area (Å²) in [4.78, 5) is 12.5. The van der Waals surface area contributed by atoms with E-state index in [1.807, 2.05) is 24.3 Å². The molecule has 3 heterocycles. The van der Waals surface area contributed by atoms with Gasteiger partial charge in [-0.2, -0.15) is 0 Å². The quantitative estimate of drug-likeness (QED) is 0.917. The topological polar surface area (TPSA) is 73.6 Å². The summed E-state index contributed by atoms with van der Waals surface area (Å²) in [5.41, 5.74) is 1.41. The van der Waals surface area contributed by atoms with Gasteiger partial charge < -0.3 is 19.3 Å². The number of nitrogens with one attached hydrogen (secondary N) is 1. The average Bonchev–Trinajstić information content (AvgIpc) is 3.02. The second kappa shape index (κ2) is 5.94. The van der Waals surface area contributed by atoms with Gasteiger partial charge in [-0.15, -0.1) is 0 Å². The Balaban J connectivity index is 1.61. The van der Waals surface area contributed by atoms with E-state index >= 15 is 0 Å². The Morgan fingerprint density at radius 1 is 1.29 bits per heavy atom. The van der Waals surface area contributed by atoms with Crippen molar-refractivity contribution in [3.8, 4) is 5.75 Å². The van der Waals surface area contributed by atoms with Crippen LogP contribution < -0.4 is 10.1 Å². The molecule has 1 fully saturated rings. The van der Waals surface area contributed by atoms with Gasteiger partial charge in [-0.05, 0) is 13.0 Å². The number of nitrogens with zero attached hydrogens (tertiary/aromatic N) is 1. The van der Waals surface area contributed by atoms with Gasteiger partial charge in [0.1, 0.15) is 11.4 Å². The van der Waals surface area contributed by atoms with Gasteiger partial charge in [0, 0.05) is 30.9 Å². The lowest BCUT2D eigenvalue weighted by Crippen LogP contribution is -2.48. The zero-order chi connectivity index (χ0) is 16.6. The van der Waals surface area contributed by atoms with E-state index in [2.05, 4.69) is 10.5 Å². The molecule has 1 aromatic heterocycles. The van der Waals surface area contributed by atoms with Crippen molar-refractivity contribution >= 4 is 5.91 Å². The van der Waals surface area contributed by atoms with Crippen LogP contribution in [0.5, 0.6) is 5.75 Å². The van der Waals surface area contributed by atoms with Gasteiger partial charge in [-0.25, -0.2) is 0 Å². The van der Waals surface area contributed by atoms with Gasteiger partial charge in [0.05, 0.1) is 24.9 Å². The highest BCUT2D eigenvalue weighted by Crippen LogP contribution is 2.43. The van der Waals surface area contributed by atoms with Gasteiger partial charge in [0.2, 0.25) is 5.76 Å². The number of fused-ring (bicyclic) bond motifs is 1. The smallest absolute Gasteiger partial charge is 0.290 e. The van der Waals surface area contributed by atoms with Crippen molar-refractivity contribution in [3.63, 3.8) is 0 Å². The number of carbonyl (C=O) groups excluding carboxylic acids is 1. The lowest BCUT2D eigenvalue weighted by molar-refractivity contribution is -0.0639. The maximum Gasteiger partial charge on any atom is 0.290 e. The first-order valence-electron chi connectivity index (χ1n) is 8.25. The minimum absolute atomic E-state index is 0.119. The van der Waals surface area contributed by atoms with E-state index in [-0.39, 0.29) is 23.3 Å². The number of benzene rings is 1. The van der Waals surface area contributed by atoms with E-state index in [9.17, 15) is 4.79 Å². The number of amides is 1. The van der Waals surface area contributed by atoms with Gasteiger partial charge in [0.25, 0.3) is 5.91 Å². The number of hydrogen-bond donors (Lipinski definition) is 1. The molecule has 1 amide bonds. The Kier molecular flexibility index (Phi) is 3.76.